The molecule has 38 heavy (non-hydrogen) atoms. The van der Waals surface area contributed by atoms with Gasteiger partial charge in [-0.3, -0.25) is 4.79 Å². The zero-order valence-electron chi connectivity index (χ0n) is 25.0. The average Bonchev–Trinajstić information content (AvgIpc) is 3.26. The number of benzene rings is 1. The van der Waals surface area contributed by atoms with Crippen molar-refractivity contribution in [1.82, 2.24) is 4.90 Å². The Hall–Kier alpha value is -1.92. The maximum absolute atomic E-state index is 13.2. The molecular formula is C32H53NO4Si. The molecule has 1 heterocycles. The Bertz CT molecular complexity index is 862. The Kier molecular flexibility index (Phi) is 13.8. The standard InChI is InChI=1S/C32H53NO4Si/c1-27(34)18-12-10-16-22-30-24-23-29(33(30)31(35)36-26-28-19-13-11-14-20-28)21-15-8-7-9-17-25-37-38(5,6)32(2,3)4/h10-14,19-20,29-30H,7-9,15-18,21-26H2,1-6H3/b12-10+/t29-,30-/m1/s1. The maximum atomic E-state index is 13.2. The van der Waals surface area contributed by atoms with Crippen LogP contribution in [0.5, 0.6) is 0 Å². The van der Waals surface area contributed by atoms with Crippen LogP contribution in [0.4, 0.5) is 4.79 Å². The van der Waals surface area contributed by atoms with Crippen LogP contribution >= 0.6 is 0 Å². The van der Waals surface area contributed by atoms with Crippen LogP contribution in [0.1, 0.15) is 104 Å². The minimum atomic E-state index is -1.64. The fraction of sp³-hybridized carbons (Fsp3) is 0.688. The molecular weight excluding hydrogens is 490 g/mol. The smallest absolute Gasteiger partial charge is 0.410 e. The van der Waals surface area contributed by atoms with Gasteiger partial charge in [0.25, 0.3) is 0 Å². The molecule has 1 fully saturated rings. The Labute approximate surface area is 233 Å². The summed E-state index contributed by atoms with van der Waals surface area (Å²) in [5.74, 6) is 0.177. The van der Waals surface area contributed by atoms with Gasteiger partial charge in [0.15, 0.2) is 8.32 Å². The number of carbonyl (C=O) groups is 2. The summed E-state index contributed by atoms with van der Waals surface area (Å²) in [7, 11) is -1.64. The summed E-state index contributed by atoms with van der Waals surface area (Å²) in [5, 5.41) is 0.269. The molecule has 2 rings (SSSR count). The first-order chi connectivity index (χ1) is 18.0. The molecule has 0 aliphatic carbocycles. The summed E-state index contributed by atoms with van der Waals surface area (Å²) >= 11 is 0. The monoisotopic (exact) mass is 543 g/mol. The molecule has 0 saturated carbocycles. The number of hydrogen-bond donors (Lipinski definition) is 0. The van der Waals surface area contributed by atoms with Crippen LogP contribution in [0, 0.1) is 0 Å². The number of unbranched alkanes of at least 4 members (excludes halogenated alkanes) is 4. The Morgan fingerprint density at radius 1 is 0.947 bits per heavy atom. The second-order valence-electron chi connectivity index (χ2n) is 12.5. The van der Waals surface area contributed by atoms with E-state index in [0.717, 1.165) is 57.1 Å². The largest absolute Gasteiger partial charge is 0.445 e. The van der Waals surface area contributed by atoms with E-state index in [1.54, 1.807) is 6.92 Å². The molecule has 0 N–H and O–H groups in total. The summed E-state index contributed by atoms with van der Waals surface area (Å²) in [5.41, 5.74) is 1.01. The average molecular weight is 544 g/mol. The van der Waals surface area contributed by atoms with Crippen molar-refractivity contribution in [3.05, 3.63) is 48.0 Å². The molecule has 5 nitrogen and oxygen atoms in total. The number of ether oxygens (including phenoxy) is 1. The van der Waals surface area contributed by atoms with Gasteiger partial charge in [0.1, 0.15) is 12.4 Å². The van der Waals surface area contributed by atoms with Gasteiger partial charge in [-0.15, -0.1) is 0 Å². The minimum absolute atomic E-state index is 0.177. The predicted molar refractivity (Wildman–Crippen MR) is 160 cm³/mol. The highest BCUT2D eigenvalue weighted by molar-refractivity contribution is 6.74. The topological polar surface area (TPSA) is 55.8 Å². The maximum Gasteiger partial charge on any atom is 0.410 e. The lowest BCUT2D eigenvalue weighted by molar-refractivity contribution is -0.116. The highest BCUT2D eigenvalue weighted by Crippen LogP contribution is 2.36. The van der Waals surface area contributed by atoms with Crippen LogP contribution in [0.3, 0.4) is 0 Å². The van der Waals surface area contributed by atoms with E-state index in [1.165, 1.54) is 19.3 Å². The second kappa shape index (κ2) is 16.2. The second-order valence-corrected chi connectivity index (χ2v) is 17.3. The molecule has 0 aromatic heterocycles. The van der Waals surface area contributed by atoms with Crippen LogP contribution in [0.15, 0.2) is 42.5 Å². The van der Waals surface area contributed by atoms with E-state index in [0.29, 0.717) is 13.0 Å². The van der Waals surface area contributed by atoms with Crippen LogP contribution in [0.25, 0.3) is 0 Å². The molecule has 1 aromatic rings. The first-order valence-corrected chi connectivity index (χ1v) is 17.7. The van der Waals surface area contributed by atoms with E-state index in [1.807, 2.05) is 41.3 Å². The lowest BCUT2D eigenvalue weighted by atomic mass is 10.0. The molecule has 1 amide bonds. The van der Waals surface area contributed by atoms with Crippen LogP contribution in [-0.4, -0.2) is 43.8 Å². The Balaban J connectivity index is 1.79. The van der Waals surface area contributed by atoms with Gasteiger partial charge >= 0.3 is 6.09 Å². The van der Waals surface area contributed by atoms with Crippen molar-refractivity contribution >= 4 is 20.2 Å². The number of rotatable bonds is 16. The van der Waals surface area contributed by atoms with Crippen molar-refractivity contribution in [2.45, 2.75) is 135 Å². The summed E-state index contributed by atoms with van der Waals surface area (Å²) in [6, 6.07) is 10.4. The van der Waals surface area contributed by atoms with Gasteiger partial charge in [0, 0.05) is 25.1 Å². The quantitative estimate of drug-likeness (QED) is 0.119. The number of likely N-dealkylation sites (tertiary alicyclic amines) is 1. The van der Waals surface area contributed by atoms with Crippen molar-refractivity contribution in [1.29, 1.82) is 0 Å². The molecule has 1 saturated heterocycles. The Morgan fingerprint density at radius 2 is 1.58 bits per heavy atom. The third-order valence-electron chi connectivity index (χ3n) is 8.23. The normalized spacial score (nSPS) is 18.3. The third-order valence-corrected chi connectivity index (χ3v) is 12.8. The van der Waals surface area contributed by atoms with Crippen molar-refractivity contribution in [2.24, 2.45) is 0 Å². The number of carbonyl (C=O) groups excluding carboxylic acids is 2. The predicted octanol–water partition coefficient (Wildman–Crippen LogP) is 8.83. The summed E-state index contributed by atoms with van der Waals surface area (Å²) in [4.78, 5) is 26.4. The molecule has 0 bridgehead atoms. The van der Waals surface area contributed by atoms with Crippen LogP contribution in [0.2, 0.25) is 18.1 Å². The summed E-state index contributed by atoms with van der Waals surface area (Å²) in [6.07, 6.45) is 15.1. The zero-order valence-corrected chi connectivity index (χ0v) is 26.0. The zero-order chi connectivity index (χ0) is 28.0. The molecule has 0 unspecified atom stereocenters. The number of ketones is 1. The number of amides is 1. The van der Waals surface area contributed by atoms with Gasteiger partial charge in [-0.2, -0.15) is 0 Å². The van der Waals surface area contributed by atoms with Gasteiger partial charge in [-0.05, 0) is 69.1 Å². The number of Topliss-reactive ketones (excluding diaryl/α,β-unsaturated/α-hetero) is 1. The van der Waals surface area contributed by atoms with Crippen molar-refractivity contribution in [3.8, 4) is 0 Å². The number of nitrogens with zero attached hydrogens (tertiary/aromatic N) is 1. The fourth-order valence-electron chi connectivity index (χ4n) is 4.83. The van der Waals surface area contributed by atoms with Crippen molar-refractivity contribution in [3.63, 3.8) is 0 Å². The van der Waals surface area contributed by atoms with Crippen LogP contribution in [-0.2, 0) is 20.6 Å². The van der Waals surface area contributed by atoms with Crippen LogP contribution < -0.4 is 0 Å². The van der Waals surface area contributed by atoms with E-state index < -0.39 is 8.32 Å². The number of allylic oxidation sites excluding steroid dienone is 2. The van der Waals surface area contributed by atoms with Gasteiger partial charge in [-0.1, -0.05) is 88.9 Å². The van der Waals surface area contributed by atoms with E-state index in [2.05, 4.69) is 39.9 Å². The van der Waals surface area contributed by atoms with Gasteiger partial charge in [-0.25, -0.2) is 4.79 Å². The van der Waals surface area contributed by atoms with Gasteiger partial charge in [0.2, 0.25) is 0 Å². The van der Waals surface area contributed by atoms with Gasteiger partial charge < -0.3 is 14.1 Å². The molecule has 0 radical (unpaired) electrons. The summed E-state index contributed by atoms with van der Waals surface area (Å²) < 4.78 is 12.1. The first-order valence-electron chi connectivity index (χ1n) is 14.8. The fourth-order valence-corrected chi connectivity index (χ4v) is 5.92. The van der Waals surface area contributed by atoms with Crippen molar-refractivity contribution in [2.75, 3.05) is 6.61 Å². The van der Waals surface area contributed by atoms with E-state index in [-0.39, 0.29) is 29.0 Å². The molecule has 1 aliphatic rings. The molecule has 1 aliphatic heterocycles. The first kappa shape index (κ1) is 32.3. The number of hydrogen-bond acceptors (Lipinski definition) is 4. The molecule has 1 aromatic carbocycles. The SMILES string of the molecule is CC(=O)C/C=C/CC[C@@H]1CC[C@@H](CCCCCCCO[Si](C)(C)C(C)(C)C)N1C(=O)OCc1ccccc1. The van der Waals surface area contributed by atoms with E-state index in [4.69, 9.17) is 9.16 Å². The summed E-state index contributed by atoms with van der Waals surface area (Å²) in [6.45, 7) is 14.3. The van der Waals surface area contributed by atoms with E-state index >= 15 is 0 Å². The molecule has 2 atom stereocenters. The highest BCUT2D eigenvalue weighted by atomic mass is 28.4. The molecule has 6 heteroatoms. The van der Waals surface area contributed by atoms with Gasteiger partial charge in [0.05, 0.1) is 0 Å². The lowest BCUT2D eigenvalue weighted by Crippen LogP contribution is -2.41. The van der Waals surface area contributed by atoms with E-state index in [9.17, 15) is 9.59 Å². The third kappa shape index (κ3) is 11.4. The molecule has 0 spiro atoms. The highest BCUT2D eigenvalue weighted by Gasteiger charge is 2.37. The Morgan fingerprint density at radius 3 is 2.24 bits per heavy atom. The lowest BCUT2D eigenvalue weighted by Gasteiger charge is -2.36. The minimum Gasteiger partial charge on any atom is -0.445 e. The molecule has 214 valence electrons. The van der Waals surface area contributed by atoms with Crippen molar-refractivity contribution < 1.29 is 18.8 Å².